The van der Waals surface area contributed by atoms with Crippen LogP contribution in [0.25, 0.3) is 0 Å². The molecular weight excluding hydrogens is 337 g/mol. The molecule has 0 N–H and O–H groups in total. The molecule has 0 amide bonds. The van der Waals surface area contributed by atoms with Crippen molar-refractivity contribution in [3.63, 3.8) is 0 Å². The van der Waals surface area contributed by atoms with E-state index in [0.717, 1.165) is 0 Å². The SMILES string of the molecule is O=C(COC(=O)c1cnc(Cl)c(Cl)c1)c1ccc(Cl)cc1. The van der Waals surface area contributed by atoms with Gasteiger partial charge in [-0.05, 0) is 30.3 Å². The Labute approximate surface area is 135 Å². The van der Waals surface area contributed by atoms with Crippen molar-refractivity contribution >= 4 is 46.6 Å². The topological polar surface area (TPSA) is 56.3 Å². The van der Waals surface area contributed by atoms with Crippen molar-refractivity contribution in [1.29, 1.82) is 0 Å². The summed E-state index contributed by atoms with van der Waals surface area (Å²) in [6.07, 6.45) is 1.23. The van der Waals surface area contributed by atoms with Gasteiger partial charge in [0.25, 0.3) is 0 Å². The summed E-state index contributed by atoms with van der Waals surface area (Å²) >= 11 is 17.1. The summed E-state index contributed by atoms with van der Waals surface area (Å²) in [5, 5.41) is 0.742. The van der Waals surface area contributed by atoms with Crippen LogP contribution in [0, 0.1) is 0 Å². The maximum Gasteiger partial charge on any atom is 0.340 e. The average Bonchev–Trinajstić information content (AvgIpc) is 2.48. The molecule has 0 radical (unpaired) electrons. The number of hydrogen-bond acceptors (Lipinski definition) is 4. The van der Waals surface area contributed by atoms with E-state index in [2.05, 4.69) is 4.98 Å². The molecule has 108 valence electrons. The second kappa shape index (κ2) is 6.89. The van der Waals surface area contributed by atoms with Gasteiger partial charge in [-0.25, -0.2) is 9.78 Å². The summed E-state index contributed by atoms with van der Waals surface area (Å²) in [6, 6.07) is 7.60. The molecule has 0 atom stereocenters. The molecule has 1 aromatic carbocycles. The van der Waals surface area contributed by atoms with Crippen LogP contribution in [-0.4, -0.2) is 23.3 Å². The molecule has 2 rings (SSSR count). The molecule has 0 saturated heterocycles. The van der Waals surface area contributed by atoms with Gasteiger partial charge in [0.2, 0.25) is 0 Å². The average molecular weight is 345 g/mol. The zero-order chi connectivity index (χ0) is 15.4. The molecule has 0 unspecified atom stereocenters. The summed E-state index contributed by atoms with van der Waals surface area (Å²) in [5.41, 5.74) is 0.521. The van der Waals surface area contributed by atoms with Crippen LogP contribution in [0.4, 0.5) is 0 Å². The van der Waals surface area contributed by atoms with Crippen molar-refractivity contribution in [1.82, 2.24) is 4.98 Å². The van der Waals surface area contributed by atoms with Crippen LogP contribution in [0.15, 0.2) is 36.5 Å². The van der Waals surface area contributed by atoms with Gasteiger partial charge in [-0.3, -0.25) is 4.79 Å². The van der Waals surface area contributed by atoms with Crippen LogP contribution < -0.4 is 0 Å². The maximum absolute atomic E-state index is 11.8. The van der Waals surface area contributed by atoms with Crippen LogP contribution in [0.3, 0.4) is 0 Å². The number of ketones is 1. The van der Waals surface area contributed by atoms with E-state index in [0.29, 0.717) is 10.6 Å². The molecule has 0 fully saturated rings. The summed E-state index contributed by atoms with van der Waals surface area (Å²) in [6.45, 7) is -0.388. The largest absolute Gasteiger partial charge is 0.454 e. The Hall–Kier alpha value is -1.62. The lowest BCUT2D eigenvalue weighted by Crippen LogP contribution is -2.14. The summed E-state index contributed by atoms with van der Waals surface area (Å²) < 4.78 is 4.91. The Kier molecular flexibility index (Phi) is 5.17. The van der Waals surface area contributed by atoms with Crippen molar-refractivity contribution in [3.8, 4) is 0 Å². The molecule has 7 heteroatoms. The highest BCUT2D eigenvalue weighted by Crippen LogP contribution is 2.20. The van der Waals surface area contributed by atoms with Gasteiger partial charge in [0.15, 0.2) is 12.4 Å². The molecule has 0 aliphatic carbocycles. The fourth-order valence-corrected chi connectivity index (χ4v) is 1.86. The highest BCUT2D eigenvalue weighted by atomic mass is 35.5. The number of halogens is 3. The first-order valence-corrected chi connectivity index (χ1v) is 6.87. The van der Waals surface area contributed by atoms with Gasteiger partial charge in [0, 0.05) is 16.8 Å². The molecule has 0 bridgehead atoms. The Morgan fingerprint density at radius 2 is 1.71 bits per heavy atom. The molecule has 0 saturated carbocycles. The molecule has 21 heavy (non-hydrogen) atoms. The number of carbonyl (C=O) groups is 2. The van der Waals surface area contributed by atoms with Gasteiger partial charge >= 0.3 is 5.97 Å². The second-order valence-corrected chi connectivity index (χ2v) is 5.20. The zero-order valence-corrected chi connectivity index (χ0v) is 12.7. The molecule has 0 spiro atoms. The van der Waals surface area contributed by atoms with Gasteiger partial charge in [-0.15, -0.1) is 0 Å². The third-order valence-electron chi connectivity index (χ3n) is 2.53. The quantitative estimate of drug-likeness (QED) is 0.476. The third-order valence-corrected chi connectivity index (χ3v) is 3.47. The van der Waals surface area contributed by atoms with Crippen LogP contribution in [0.1, 0.15) is 20.7 Å². The number of nitrogens with zero attached hydrogens (tertiary/aromatic N) is 1. The van der Waals surface area contributed by atoms with Crippen LogP contribution in [-0.2, 0) is 4.74 Å². The predicted octanol–water partition coefficient (Wildman–Crippen LogP) is 4.08. The van der Waals surface area contributed by atoms with E-state index in [1.165, 1.54) is 12.3 Å². The number of carbonyl (C=O) groups excluding carboxylic acids is 2. The summed E-state index contributed by atoms with van der Waals surface area (Å²) in [4.78, 5) is 27.3. The number of pyridine rings is 1. The van der Waals surface area contributed by atoms with Crippen molar-refractivity contribution in [2.45, 2.75) is 0 Å². The highest BCUT2D eigenvalue weighted by molar-refractivity contribution is 6.41. The number of benzene rings is 1. The van der Waals surface area contributed by atoms with Gasteiger partial charge in [-0.1, -0.05) is 34.8 Å². The summed E-state index contributed by atoms with van der Waals surface area (Å²) in [7, 11) is 0. The number of hydrogen-bond donors (Lipinski definition) is 0. The minimum Gasteiger partial charge on any atom is -0.454 e. The minimum atomic E-state index is -0.705. The Morgan fingerprint density at radius 3 is 2.33 bits per heavy atom. The fraction of sp³-hybridized carbons (Fsp3) is 0.0714. The van der Waals surface area contributed by atoms with Crippen LogP contribution in [0.5, 0.6) is 0 Å². The van der Waals surface area contributed by atoms with E-state index >= 15 is 0 Å². The van der Waals surface area contributed by atoms with Crippen molar-refractivity contribution in [3.05, 3.63) is 62.9 Å². The van der Waals surface area contributed by atoms with Crippen LogP contribution >= 0.6 is 34.8 Å². The molecule has 0 aliphatic heterocycles. The number of ether oxygens (including phenoxy) is 1. The molecule has 1 aromatic heterocycles. The second-order valence-electron chi connectivity index (χ2n) is 4.00. The highest BCUT2D eigenvalue weighted by Gasteiger charge is 2.13. The van der Waals surface area contributed by atoms with E-state index in [4.69, 9.17) is 39.5 Å². The number of aromatic nitrogens is 1. The van der Waals surface area contributed by atoms with E-state index in [1.54, 1.807) is 24.3 Å². The van der Waals surface area contributed by atoms with Crippen LogP contribution in [0.2, 0.25) is 15.2 Å². The van der Waals surface area contributed by atoms with Crippen molar-refractivity contribution in [2.75, 3.05) is 6.61 Å². The van der Waals surface area contributed by atoms with E-state index in [9.17, 15) is 9.59 Å². The molecular formula is C14H8Cl3NO3. The lowest BCUT2D eigenvalue weighted by molar-refractivity contribution is 0.0474. The van der Waals surface area contributed by atoms with E-state index in [-0.39, 0.29) is 28.1 Å². The Balaban J connectivity index is 1.98. The lowest BCUT2D eigenvalue weighted by atomic mass is 10.1. The standard InChI is InChI=1S/C14H8Cl3NO3/c15-10-3-1-8(2-4-10)12(19)7-21-14(20)9-5-11(16)13(17)18-6-9/h1-6H,7H2. The minimum absolute atomic E-state index is 0.0884. The van der Waals surface area contributed by atoms with Gasteiger partial charge in [-0.2, -0.15) is 0 Å². The van der Waals surface area contributed by atoms with Gasteiger partial charge in [0.1, 0.15) is 5.15 Å². The maximum atomic E-state index is 11.8. The molecule has 1 heterocycles. The molecule has 2 aromatic rings. The Bertz CT molecular complexity index is 686. The van der Waals surface area contributed by atoms with E-state index < -0.39 is 5.97 Å². The first-order chi connectivity index (χ1) is 9.97. The predicted molar refractivity (Wildman–Crippen MR) is 80.3 cm³/mol. The zero-order valence-electron chi connectivity index (χ0n) is 10.5. The monoisotopic (exact) mass is 343 g/mol. The lowest BCUT2D eigenvalue weighted by Gasteiger charge is -2.05. The number of esters is 1. The van der Waals surface area contributed by atoms with Gasteiger partial charge < -0.3 is 4.74 Å². The number of Topliss-reactive ketones (excluding diaryl/α,β-unsaturated/α-hetero) is 1. The van der Waals surface area contributed by atoms with E-state index in [1.807, 2.05) is 0 Å². The smallest absolute Gasteiger partial charge is 0.340 e. The first-order valence-electron chi connectivity index (χ1n) is 5.74. The normalized spacial score (nSPS) is 10.2. The summed E-state index contributed by atoms with van der Waals surface area (Å²) in [5.74, 6) is -1.04. The van der Waals surface area contributed by atoms with Gasteiger partial charge in [0.05, 0.1) is 10.6 Å². The fourth-order valence-electron chi connectivity index (χ4n) is 1.47. The Morgan fingerprint density at radius 1 is 1.05 bits per heavy atom. The molecule has 0 aliphatic rings. The number of rotatable bonds is 4. The molecule has 4 nitrogen and oxygen atoms in total. The van der Waals surface area contributed by atoms with Crippen molar-refractivity contribution < 1.29 is 14.3 Å². The first kappa shape index (κ1) is 15.8. The van der Waals surface area contributed by atoms with Crippen molar-refractivity contribution in [2.24, 2.45) is 0 Å². The third kappa shape index (κ3) is 4.17.